The monoisotopic (exact) mass is 522 g/mol. The molecule has 7 nitrogen and oxygen atoms in total. The van der Waals surface area contributed by atoms with Gasteiger partial charge in [-0.1, -0.05) is 43.3 Å². The van der Waals surface area contributed by atoms with Crippen LogP contribution >= 0.6 is 0 Å². The lowest BCUT2D eigenvalue weighted by Gasteiger charge is -2.14. The van der Waals surface area contributed by atoms with Gasteiger partial charge in [0.2, 0.25) is 11.7 Å². The van der Waals surface area contributed by atoms with Gasteiger partial charge in [0.1, 0.15) is 5.56 Å². The standard InChI is InChI=1S/C25H25F3N2O5S/c1-4-12-36(33,34)15-18-13-19(25(26,27)28)10-11-20(18)23(32)22-16(2)29-30(3)24(22)35-14-21(31)17-8-6-5-7-9-17/h5-11,13H,4,12,14-15H2,1-3H3. The predicted molar refractivity (Wildman–Crippen MR) is 127 cm³/mol. The average molecular weight is 523 g/mol. The van der Waals surface area contributed by atoms with Crippen LogP contribution in [0.25, 0.3) is 0 Å². The Morgan fingerprint density at radius 3 is 2.36 bits per heavy atom. The molecule has 11 heteroatoms. The van der Waals surface area contributed by atoms with Crippen molar-refractivity contribution in [2.75, 3.05) is 12.4 Å². The number of rotatable bonds is 10. The molecule has 1 aromatic heterocycles. The molecule has 0 atom stereocenters. The Hall–Kier alpha value is -3.47. The van der Waals surface area contributed by atoms with E-state index in [4.69, 9.17) is 4.74 Å². The maximum atomic E-state index is 13.5. The van der Waals surface area contributed by atoms with Gasteiger partial charge in [0.15, 0.2) is 22.2 Å². The van der Waals surface area contributed by atoms with Crippen LogP contribution < -0.4 is 4.74 Å². The van der Waals surface area contributed by atoms with Gasteiger partial charge in [0, 0.05) is 18.2 Å². The van der Waals surface area contributed by atoms with Gasteiger partial charge >= 0.3 is 6.18 Å². The summed E-state index contributed by atoms with van der Waals surface area (Å²) in [4.78, 5) is 26.0. The third-order valence-electron chi connectivity index (χ3n) is 5.40. The van der Waals surface area contributed by atoms with Gasteiger partial charge in [-0.3, -0.25) is 9.59 Å². The predicted octanol–water partition coefficient (Wildman–Crippen LogP) is 4.56. The summed E-state index contributed by atoms with van der Waals surface area (Å²) in [6, 6.07) is 10.7. The van der Waals surface area contributed by atoms with E-state index in [1.165, 1.54) is 18.7 Å². The number of Topliss-reactive ketones (excluding diaryl/α,β-unsaturated/α-hetero) is 1. The number of hydrogen-bond donors (Lipinski definition) is 0. The molecular weight excluding hydrogens is 497 g/mol. The molecule has 0 amide bonds. The van der Waals surface area contributed by atoms with Crippen LogP contribution in [0.1, 0.15) is 56.4 Å². The van der Waals surface area contributed by atoms with E-state index in [0.717, 1.165) is 12.1 Å². The smallest absolute Gasteiger partial charge is 0.416 e. The number of ketones is 2. The second-order valence-electron chi connectivity index (χ2n) is 8.26. The van der Waals surface area contributed by atoms with Crippen LogP contribution in [-0.4, -0.2) is 42.1 Å². The highest BCUT2D eigenvalue weighted by atomic mass is 32.2. The molecule has 0 radical (unpaired) electrons. The van der Waals surface area contributed by atoms with Crippen molar-refractivity contribution >= 4 is 21.4 Å². The van der Waals surface area contributed by atoms with Gasteiger partial charge in [0.25, 0.3) is 0 Å². The average Bonchev–Trinajstić information content (AvgIpc) is 3.09. The van der Waals surface area contributed by atoms with Crippen LogP contribution in [0.5, 0.6) is 5.88 Å². The van der Waals surface area contributed by atoms with Crippen LogP contribution in [-0.2, 0) is 28.8 Å². The Morgan fingerprint density at radius 1 is 1.08 bits per heavy atom. The zero-order chi connectivity index (χ0) is 26.7. The quantitative estimate of drug-likeness (QED) is 0.362. The molecule has 0 N–H and O–H groups in total. The maximum absolute atomic E-state index is 13.5. The first kappa shape index (κ1) is 27.1. The first-order valence-electron chi connectivity index (χ1n) is 11.0. The number of nitrogens with zero attached hydrogens (tertiary/aromatic N) is 2. The van der Waals surface area contributed by atoms with Crippen LogP contribution in [0.15, 0.2) is 48.5 Å². The number of halogens is 3. The molecule has 3 aromatic rings. The molecule has 1 heterocycles. The van der Waals surface area contributed by atoms with Gasteiger partial charge in [-0.05, 0) is 31.0 Å². The van der Waals surface area contributed by atoms with E-state index in [2.05, 4.69) is 5.10 Å². The Morgan fingerprint density at radius 2 is 1.75 bits per heavy atom. The largest absolute Gasteiger partial charge is 0.469 e. The van der Waals surface area contributed by atoms with Crippen molar-refractivity contribution in [2.24, 2.45) is 7.05 Å². The number of aryl methyl sites for hydroxylation is 2. The summed E-state index contributed by atoms with van der Waals surface area (Å²) in [6.45, 7) is 2.74. The van der Waals surface area contributed by atoms with Crippen molar-refractivity contribution in [3.63, 3.8) is 0 Å². The lowest BCUT2D eigenvalue weighted by molar-refractivity contribution is -0.137. The molecule has 0 saturated carbocycles. The van der Waals surface area contributed by atoms with Crippen LogP contribution in [0, 0.1) is 6.92 Å². The fraction of sp³-hybridized carbons (Fsp3) is 0.320. The Bertz CT molecular complexity index is 1380. The molecule has 0 bridgehead atoms. The molecule has 0 fully saturated rings. The lowest BCUT2D eigenvalue weighted by atomic mass is 9.97. The number of carbonyl (C=O) groups is 2. The molecule has 192 valence electrons. The number of alkyl halides is 3. The normalized spacial score (nSPS) is 11.9. The second-order valence-corrected chi connectivity index (χ2v) is 10.4. The molecule has 36 heavy (non-hydrogen) atoms. The molecular formula is C25H25F3N2O5S. The first-order valence-corrected chi connectivity index (χ1v) is 12.9. The summed E-state index contributed by atoms with van der Waals surface area (Å²) >= 11 is 0. The van der Waals surface area contributed by atoms with E-state index in [1.807, 2.05) is 0 Å². The molecule has 0 spiro atoms. The summed E-state index contributed by atoms with van der Waals surface area (Å²) in [6.07, 6.45) is -4.44. The van der Waals surface area contributed by atoms with Crippen molar-refractivity contribution in [3.05, 3.63) is 82.0 Å². The van der Waals surface area contributed by atoms with Gasteiger partial charge in [-0.25, -0.2) is 13.1 Å². The van der Waals surface area contributed by atoms with Crippen molar-refractivity contribution in [1.82, 2.24) is 9.78 Å². The number of benzene rings is 2. The SMILES string of the molecule is CCCS(=O)(=O)Cc1cc(C(F)(F)F)ccc1C(=O)c1c(C)nn(C)c1OCC(=O)c1ccccc1. The van der Waals surface area contributed by atoms with Crippen LogP contribution in [0.3, 0.4) is 0 Å². The molecule has 0 saturated heterocycles. The minimum atomic E-state index is -4.72. The molecule has 2 aromatic carbocycles. The van der Waals surface area contributed by atoms with Crippen molar-refractivity contribution < 1.29 is 35.9 Å². The fourth-order valence-corrected chi connectivity index (χ4v) is 5.25. The Kier molecular flexibility index (Phi) is 8.02. The molecule has 0 unspecified atom stereocenters. The summed E-state index contributed by atoms with van der Waals surface area (Å²) < 4.78 is 71.8. The summed E-state index contributed by atoms with van der Waals surface area (Å²) in [7, 11) is -2.28. The molecule has 0 aliphatic carbocycles. The summed E-state index contributed by atoms with van der Waals surface area (Å²) in [5, 5.41) is 4.16. The third kappa shape index (κ3) is 6.20. The number of hydrogen-bond acceptors (Lipinski definition) is 6. The zero-order valence-electron chi connectivity index (χ0n) is 19.9. The highest BCUT2D eigenvalue weighted by Gasteiger charge is 2.33. The van der Waals surface area contributed by atoms with Gasteiger partial charge in [-0.15, -0.1) is 0 Å². The Labute approximate surface area is 206 Å². The highest BCUT2D eigenvalue weighted by Crippen LogP contribution is 2.33. The van der Waals surface area contributed by atoms with E-state index in [9.17, 15) is 31.2 Å². The number of carbonyl (C=O) groups excluding carboxylic acids is 2. The third-order valence-corrected chi connectivity index (χ3v) is 7.18. The highest BCUT2D eigenvalue weighted by molar-refractivity contribution is 7.90. The zero-order valence-corrected chi connectivity index (χ0v) is 20.7. The summed E-state index contributed by atoms with van der Waals surface area (Å²) in [5.41, 5.74) is -0.987. The summed E-state index contributed by atoms with van der Waals surface area (Å²) in [5.74, 6) is -2.12. The van der Waals surface area contributed by atoms with Crippen molar-refractivity contribution in [1.29, 1.82) is 0 Å². The van der Waals surface area contributed by atoms with Crippen LogP contribution in [0.2, 0.25) is 0 Å². The van der Waals surface area contributed by atoms with Gasteiger partial charge < -0.3 is 4.74 Å². The maximum Gasteiger partial charge on any atom is 0.416 e. The van der Waals surface area contributed by atoms with E-state index in [1.54, 1.807) is 37.3 Å². The van der Waals surface area contributed by atoms with Crippen LogP contribution in [0.4, 0.5) is 13.2 Å². The molecule has 0 aliphatic heterocycles. The topological polar surface area (TPSA) is 95.3 Å². The number of sulfone groups is 1. The van der Waals surface area contributed by atoms with E-state index < -0.39 is 39.7 Å². The van der Waals surface area contributed by atoms with E-state index >= 15 is 0 Å². The minimum Gasteiger partial charge on any atom is -0.469 e. The van der Waals surface area contributed by atoms with E-state index in [0.29, 0.717) is 11.6 Å². The first-order chi connectivity index (χ1) is 16.8. The Balaban J connectivity index is 2.02. The second kappa shape index (κ2) is 10.7. The molecule has 0 aliphatic rings. The lowest BCUT2D eigenvalue weighted by Crippen LogP contribution is -2.17. The number of aromatic nitrogens is 2. The minimum absolute atomic E-state index is 0.0518. The van der Waals surface area contributed by atoms with E-state index in [-0.39, 0.29) is 46.2 Å². The van der Waals surface area contributed by atoms with Crippen molar-refractivity contribution in [2.45, 2.75) is 32.2 Å². The van der Waals surface area contributed by atoms with Gasteiger partial charge in [-0.2, -0.15) is 18.3 Å². The van der Waals surface area contributed by atoms with Crippen molar-refractivity contribution in [3.8, 4) is 5.88 Å². The molecule has 3 rings (SSSR count). The fourth-order valence-electron chi connectivity index (χ4n) is 3.77. The van der Waals surface area contributed by atoms with Gasteiger partial charge in [0.05, 0.1) is 22.8 Å². The number of ether oxygens (including phenoxy) is 1.